The lowest BCUT2D eigenvalue weighted by molar-refractivity contribution is -0.113. The minimum absolute atomic E-state index is 0.0589. The van der Waals surface area contributed by atoms with E-state index >= 15 is 0 Å². The van der Waals surface area contributed by atoms with E-state index in [1.807, 2.05) is 26.0 Å². The van der Waals surface area contributed by atoms with Crippen LogP contribution in [0.5, 0.6) is 0 Å². The molecule has 1 aliphatic carbocycles. The highest BCUT2D eigenvalue weighted by molar-refractivity contribution is 7.99. The third-order valence-electron chi connectivity index (χ3n) is 5.53. The highest BCUT2D eigenvalue weighted by atomic mass is 32.2. The first-order chi connectivity index (χ1) is 15.4. The lowest BCUT2D eigenvalue weighted by Gasteiger charge is -2.15. The number of amides is 1. The van der Waals surface area contributed by atoms with Gasteiger partial charge in [0.05, 0.1) is 16.8 Å². The summed E-state index contributed by atoms with van der Waals surface area (Å²) in [5.41, 5.74) is 4.00. The molecule has 0 saturated heterocycles. The molecule has 1 N–H and O–H groups in total. The van der Waals surface area contributed by atoms with Crippen molar-refractivity contribution in [2.24, 2.45) is 0 Å². The normalized spacial score (nSPS) is 13.0. The fourth-order valence-electron chi connectivity index (χ4n) is 4.12. The molecule has 3 heterocycles. The fraction of sp³-hybridized carbons (Fsp3) is 0.304. The summed E-state index contributed by atoms with van der Waals surface area (Å²) in [6, 6.07) is 7.66. The molecule has 4 aromatic rings. The molecule has 164 valence electrons. The Hall–Kier alpha value is -2.91. The van der Waals surface area contributed by atoms with Crippen molar-refractivity contribution in [3.63, 3.8) is 0 Å². The molecule has 5 rings (SSSR count). The molecule has 32 heavy (non-hydrogen) atoms. The monoisotopic (exact) mass is 466 g/mol. The van der Waals surface area contributed by atoms with Gasteiger partial charge >= 0.3 is 0 Å². The number of thioether (sulfide) groups is 1. The van der Waals surface area contributed by atoms with E-state index in [9.17, 15) is 9.59 Å². The molecule has 0 aliphatic heterocycles. The second kappa shape index (κ2) is 8.22. The Kier molecular flexibility index (Phi) is 5.38. The van der Waals surface area contributed by atoms with Crippen molar-refractivity contribution in [1.82, 2.24) is 14.7 Å². The SMILES string of the molecule is Cc1ccc(-n2c(SCC(=O)Nc3cc(C)on3)nc3sc4c(c3c2=O)CCC4)c(C)c1. The minimum atomic E-state index is -0.238. The van der Waals surface area contributed by atoms with E-state index in [0.717, 1.165) is 51.9 Å². The number of hydrogen-bond acceptors (Lipinski definition) is 7. The number of rotatable bonds is 5. The van der Waals surface area contributed by atoms with Crippen LogP contribution >= 0.6 is 23.1 Å². The number of fused-ring (bicyclic) bond motifs is 3. The van der Waals surface area contributed by atoms with Gasteiger partial charge < -0.3 is 9.84 Å². The molecule has 0 radical (unpaired) electrons. The summed E-state index contributed by atoms with van der Waals surface area (Å²) < 4.78 is 6.66. The summed E-state index contributed by atoms with van der Waals surface area (Å²) in [7, 11) is 0. The van der Waals surface area contributed by atoms with Crippen molar-refractivity contribution in [1.29, 1.82) is 0 Å². The Labute approximate surface area is 192 Å². The van der Waals surface area contributed by atoms with Crippen LogP contribution in [0.2, 0.25) is 0 Å². The first kappa shape index (κ1) is 21.0. The largest absolute Gasteiger partial charge is 0.360 e. The summed E-state index contributed by atoms with van der Waals surface area (Å²) in [5.74, 6) is 0.853. The summed E-state index contributed by atoms with van der Waals surface area (Å²) in [6.45, 7) is 5.78. The van der Waals surface area contributed by atoms with Crippen LogP contribution in [0.1, 0.15) is 33.7 Å². The van der Waals surface area contributed by atoms with Gasteiger partial charge in [0, 0.05) is 10.9 Å². The van der Waals surface area contributed by atoms with Gasteiger partial charge in [-0.25, -0.2) is 4.98 Å². The highest BCUT2D eigenvalue weighted by Gasteiger charge is 2.24. The van der Waals surface area contributed by atoms with Crippen LogP contribution in [0, 0.1) is 20.8 Å². The number of benzene rings is 1. The Morgan fingerprint density at radius 3 is 2.84 bits per heavy atom. The number of nitrogens with zero attached hydrogens (tertiary/aromatic N) is 3. The average Bonchev–Trinajstić information content (AvgIpc) is 3.43. The van der Waals surface area contributed by atoms with Gasteiger partial charge in [-0.3, -0.25) is 14.2 Å². The molecule has 1 aromatic carbocycles. The molecular weight excluding hydrogens is 444 g/mol. The van der Waals surface area contributed by atoms with Crippen LogP contribution in [-0.2, 0) is 17.6 Å². The van der Waals surface area contributed by atoms with Gasteiger partial charge in [0.2, 0.25) is 5.91 Å². The van der Waals surface area contributed by atoms with Crippen molar-refractivity contribution in [3.8, 4) is 5.69 Å². The number of hydrogen-bond donors (Lipinski definition) is 1. The van der Waals surface area contributed by atoms with E-state index in [1.165, 1.54) is 16.6 Å². The Bertz CT molecular complexity index is 1420. The topological polar surface area (TPSA) is 90.0 Å². The van der Waals surface area contributed by atoms with Crippen LogP contribution in [0.25, 0.3) is 15.9 Å². The van der Waals surface area contributed by atoms with Gasteiger partial charge in [-0.1, -0.05) is 34.6 Å². The van der Waals surface area contributed by atoms with Gasteiger partial charge in [-0.15, -0.1) is 11.3 Å². The molecule has 0 bridgehead atoms. The van der Waals surface area contributed by atoms with Gasteiger partial charge in [-0.05, 0) is 57.2 Å². The summed E-state index contributed by atoms with van der Waals surface area (Å²) in [6.07, 6.45) is 3.00. The van der Waals surface area contributed by atoms with E-state index in [4.69, 9.17) is 9.51 Å². The lowest BCUT2D eigenvalue weighted by atomic mass is 10.1. The van der Waals surface area contributed by atoms with Crippen molar-refractivity contribution >= 4 is 45.0 Å². The number of aryl methyl sites for hydroxylation is 5. The van der Waals surface area contributed by atoms with Crippen molar-refractivity contribution in [3.05, 3.63) is 61.9 Å². The summed E-state index contributed by atoms with van der Waals surface area (Å²) in [4.78, 5) is 33.1. The van der Waals surface area contributed by atoms with E-state index < -0.39 is 0 Å². The fourth-order valence-corrected chi connectivity index (χ4v) is 6.23. The molecule has 1 aliphatic rings. The van der Waals surface area contributed by atoms with Crippen LogP contribution in [-0.4, -0.2) is 26.4 Å². The maximum atomic E-state index is 13.7. The molecule has 7 nitrogen and oxygen atoms in total. The minimum Gasteiger partial charge on any atom is -0.360 e. The zero-order valence-corrected chi connectivity index (χ0v) is 19.7. The summed E-state index contributed by atoms with van der Waals surface area (Å²) in [5, 5.41) is 7.76. The van der Waals surface area contributed by atoms with Gasteiger partial charge in [-0.2, -0.15) is 0 Å². The van der Waals surface area contributed by atoms with Crippen LogP contribution in [0.15, 0.2) is 38.7 Å². The number of carbonyl (C=O) groups excluding carboxylic acids is 1. The molecule has 0 fully saturated rings. The Morgan fingerprint density at radius 1 is 1.25 bits per heavy atom. The predicted octanol–water partition coefficient (Wildman–Crippen LogP) is 4.58. The van der Waals surface area contributed by atoms with Crippen molar-refractivity contribution in [2.75, 3.05) is 11.1 Å². The standard InChI is InChI=1S/C23H22N4O3S2/c1-12-7-8-16(13(2)9-12)27-22(29)20-15-5-4-6-17(15)32-21(20)25-23(27)31-11-19(28)24-18-10-14(3)30-26-18/h7-10H,4-6,11H2,1-3H3,(H,24,26,28). The third kappa shape index (κ3) is 3.75. The Balaban J connectivity index is 1.56. The third-order valence-corrected chi connectivity index (χ3v) is 7.65. The molecule has 0 atom stereocenters. The molecule has 1 amide bonds. The second-order valence-electron chi connectivity index (χ2n) is 8.02. The van der Waals surface area contributed by atoms with Crippen LogP contribution < -0.4 is 10.9 Å². The maximum absolute atomic E-state index is 13.7. The van der Waals surface area contributed by atoms with Crippen molar-refractivity contribution < 1.29 is 9.32 Å². The number of anilines is 1. The quantitative estimate of drug-likeness (QED) is 0.342. The molecule has 3 aromatic heterocycles. The van der Waals surface area contributed by atoms with Gasteiger partial charge in [0.25, 0.3) is 5.56 Å². The van der Waals surface area contributed by atoms with E-state index in [-0.39, 0.29) is 17.2 Å². The van der Waals surface area contributed by atoms with Gasteiger partial charge in [0.1, 0.15) is 10.6 Å². The van der Waals surface area contributed by atoms with E-state index in [2.05, 4.69) is 16.5 Å². The number of nitrogens with one attached hydrogen (secondary N) is 1. The number of carbonyl (C=O) groups is 1. The number of aromatic nitrogens is 3. The highest BCUT2D eigenvalue weighted by Crippen LogP contribution is 2.36. The second-order valence-corrected chi connectivity index (χ2v) is 10.0. The Morgan fingerprint density at radius 2 is 2.09 bits per heavy atom. The summed E-state index contributed by atoms with van der Waals surface area (Å²) >= 11 is 2.85. The molecule has 9 heteroatoms. The van der Waals surface area contributed by atoms with E-state index in [0.29, 0.717) is 16.7 Å². The maximum Gasteiger partial charge on any atom is 0.267 e. The van der Waals surface area contributed by atoms with Crippen LogP contribution in [0.4, 0.5) is 5.82 Å². The first-order valence-electron chi connectivity index (χ1n) is 10.4. The molecule has 0 saturated carbocycles. The van der Waals surface area contributed by atoms with Crippen molar-refractivity contribution in [2.45, 2.75) is 45.2 Å². The van der Waals surface area contributed by atoms with E-state index in [1.54, 1.807) is 28.9 Å². The molecule has 0 spiro atoms. The smallest absolute Gasteiger partial charge is 0.267 e. The zero-order valence-electron chi connectivity index (χ0n) is 18.0. The predicted molar refractivity (Wildman–Crippen MR) is 127 cm³/mol. The number of thiophene rings is 1. The molecule has 0 unspecified atom stereocenters. The van der Waals surface area contributed by atoms with Crippen LogP contribution in [0.3, 0.4) is 0 Å². The molecular formula is C23H22N4O3S2. The average molecular weight is 467 g/mol. The lowest BCUT2D eigenvalue weighted by Crippen LogP contribution is -2.23. The first-order valence-corrected chi connectivity index (χ1v) is 12.2. The zero-order chi connectivity index (χ0) is 22.4. The van der Waals surface area contributed by atoms with Gasteiger partial charge in [0.15, 0.2) is 11.0 Å².